The quantitative estimate of drug-likeness (QED) is 0.810. The molecule has 2 aromatic carbocycles. The van der Waals surface area contributed by atoms with Crippen molar-refractivity contribution in [1.29, 1.82) is 0 Å². The minimum absolute atomic E-state index is 0.147. The third kappa shape index (κ3) is 2.48. The van der Waals surface area contributed by atoms with Gasteiger partial charge in [-0.2, -0.15) is 0 Å². The number of fused-ring (bicyclic) bond motifs is 1. The van der Waals surface area contributed by atoms with Gasteiger partial charge < -0.3 is 14.2 Å². The van der Waals surface area contributed by atoms with Gasteiger partial charge >= 0.3 is 0 Å². The molecule has 0 N–H and O–H groups in total. The minimum Gasteiger partial charge on any atom is -0.497 e. The van der Waals surface area contributed by atoms with Crippen molar-refractivity contribution >= 4 is 11.9 Å². The number of methoxy groups -OCH3 is 2. The van der Waals surface area contributed by atoms with Crippen LogP contribution in [0, 0.1) is 0 Å². The summed E-state index contributed by atoms with van der Waals surface area (Å²) in [5.74, 6) is 2.07. The molecule has 2 aromatic rings. The second-order valence-corrected chi connectivity index (χ2v) is 4.58. The molecule has 0 spiro atoms. The number of hydrogen-bond donors (Lipinski definition) is 0. The molecule has 1 heterocycles. The van der Waals surface area contributed by atoms with Crippen LogP contribution in [0.3, 0.4) is 0 Å². The lowest BCUT2D eigenvalue weighted by atomic mass is 10.1. The first-order chi connectivity index (χ1) is 10.2. The van der Waals surface area contributed by atoms with Crippen LogP contribution in [0.1, 0.15) is 15.9 Å². The Morgan fingerprint density at radius 2 is 1.76 bits per heavy atom. The van der Waals surface area contributed by atoms with E-state index in [1.165, 1.54) is 0 Å². The van der Waals surface area contributed by atoms with E-state index in [4.69, 9.17) is 14.2 Å². The van der Waals surface area contributed by atoms with Gasteiger partial charge in [0, 0.05) is 0 Å². The summed E-state index contributed by atoms with van der Waals surface area (Å²) in [6.07, 6.45) is 1.71. The zero-order chi connectivity index (χ0) is 14.8. The fourth-order valence-corrected chi connectivity index (χ4v) is 2.18. The largest absolute Gasteiger partial charge is 0.497 e. The van der Waals surface area contributed by atoms with Crippen LogP contribution in [0.5, 0.6) is 17.2 Å². The van der Waals surface area contributed by atoms with E-state index in [0.717, 1.165) is 11.3 Å². The average Bonchev–Trinajstić information content (AvgIpc) is 2.83. The maximum absolute atomic E-state index is 12.3. The summed E-state index contributed by atoms with van der Waals surface area (Å²) in [7, 11) is 3.17. The minimum atomic E-state index is -0.147. The van der Waals surface area contributed by atoms with Gasteiger partial charge in [-0.05, 0) is 42.0 Å². The normalized spacial score (nSPS) is 14.8. The highest BCUT2D eigenvalue weighted by Gasteiger charge is 2.27. The summed E-state index contributed by atoms with van der Waals surface area (Å²) in [6, 6.07) is 12.6. The van der Waals surface area contributed by atoms with Crippen LogP contribution < -0.4 is 14.2 Å². The van der Waals surface area contributed by atoms with Crippen LogP contribution in [-0.2, 0) is 0 Å². The highest BCUT2D eigenvalue weighted by Crippen LogP contribution is 2.34. The number of ether oxygens (including phenoxy) is 3. The van der Waals surface area contributed by atoms with Gasteiger partial charge in [0.05, 0.1) is 19.8 Å². The molecule has 0 aliphatic carbocycles. The van der Waals surface area contributed by atoms with E-state index in [1.54, 1.807) is 38.5 Å². The predicted octanol–water partition coefficient (Wildman–Crippen LogP) is 3.32. The monoisotopic (exact) mass is 282 g/mol. The van der Waals surface area contributed by atoms with Gasteiger partial charge in [0.25, 0.3) is 0 Å². The van der Waals surface area contributed by atoms with Gasteiger partial charge in [0.2, 0.25) is 5.78 Å². The number of rotatable bonds is 3. The third-order valence-electron chi connectivity index (χ3n) is 3.27. The van der Waals surface area contributed by atoms with E-state index in [2.05, 4.69) is 0 Å². The molecule has 0 radical (unpaired) electrons. The first-order valence-electron chi connectivity index (χ1n) is 6.47. The maximum Gasteiger partial charge on any atom is 0.232 e. The third-order valence-corrected chi connectivity index (χ3v) is 3.27. The van der Waals surface area contributed by atoms with E-state index in [1.807, 2.05) is 24.3 Å². The Kier molecular flexibility index (Phi) is 3.36. The fraction of sp³-hybridized carbons (Fsp3) is 0.118. The first-order valence-corrected chi connectivity index (χ1v) is 6.47. The highest BCUT2D eigenvalue weighted by molar-refractivity contribution is 6.14. The Morgan fingerprint density at radius 1 is 1.00 bits per heavy atom. The number of Topliss-reactive ketones (excluding diaryl/α,β-unsaturated/α-hetero) is 1. The lowest BCUT2D eigenvalue weighted by molar-refractivity contribution is 0.101. The maximum atomic E-state index is 12.3. The van der Waals surface area contributed by atoms with E-state index < -0.39 is 0 Å². The summed E-state index contributed by atoms with van der Waals surface area (Å²) in [6.45, 7) is 0. The second kappa shape index (κ2) is 5.32. The van der Waals surface area contributed by atoms with Crippen molar-refractivity contribution in [1.82, 2.24) is 0 Å². The van der Waals surface area contributed by atoms with E-state index in [0.29, 0.717) is 22.8 Å². The van der Waals surface area contributed by atoms with Gasteiger partial charge in [-0.3, -0.25) is 4.79 Å². The Morgan fingerprint density at radius 3 is 2.52 bits per heavy atom. The summed E-state index contributed by atoms with van der Waals surface area (Å²) in [5.41, 5.74) is 1.36. The second-order valence-electron chi connectivity index (χ2n) is 4.58. The highest BCUT2D eigenvalue weighted by atomic mass is 16.5. The average molecular weight is 282 g/mol. The van der Waals surface area contributed by atoms with Crippen molar-refractivity contribution < 1.29 is 19.0 Å². The van der Waals surface area contributed by atoms with Gasteiger partial charge in [-0.15, -0.1) is 0 Å². The summed E-state index contributed by atoms with van der Waals surface area (Å²) >= 11 is 0. The van der Waals surface area contributed by atoms with E-state index >= 15 is 0 Å². The number of hydrogen-bond acceptors (Lipinski definition) is 4. The molecule has 4 heteroatoms. The molecule has 0 saturated heterocycles. The topological polar surface area (TPSA) is 44.8 Å². The molecular weight excluding hydrogens is 268 g/mol. The molecule has 106 valence electrons. The summed E-state index contributed by atoms with van der Waals surface area (Å²) in [4.78, 5) is 12.3. The number of allylic oxidation sites excluding steroid dienone is 1. The Balaban J connectivity index is 1.95. The smallest absolute Gasteiger partial charge is 0.232 e. The number of ketones is 1. The zero-order valence-electron chi connectivity index (χ0n) is 11.8. The molecule has 4 nitrogen and oxygen atoms in total. The van der Waals surface area contributed by atoms with Crippen molar-refractivity contribution in [2.75, 3.05) is 14.2 Å². The molecule has 0 amide bonds. The molecule has 0 unspecified atom stereocenters. The lowest BCUT2D eigenvalue weighted by Gasteiger charge is -2.02. The van der Waals surface area contributed by atoms with Crippen molar-refractivity contribution in [3.8, 4) is 17.2 Å². The summed E-state index contributed by atoms with van der Waals surface area (Å²) < 4.78 is 15.9. The van der Waals surface area contributed by atoms with Crippen molar-refractivity contribution in [2.45, 2.75) is 0 Å². The van der Waals surface area contributed by atoms with Crippen LogP contribution in [-0.4, -0.2) is 20.0 Å². The molecule has 3 rings (SSSR count). The van der Waals surface area contributed by atoms with Gasteiger partial charge in [-0.25, -0.2) is 0 Å². The van der Waals surface area contributed by atoms with Gasteiger partial charge in [-0.1, -0.05) is 12.1 Å². The number of carbonyl (C=O) groups excluding carboxylic acids is 1. The molecule has 0 atom stereocenters. The molecule has 0 bridgehead atoms. The molecule has 0 fully saturated rings. The van der Waals surface area contributed by atoms with Gasteiger partial charge in [0.15, 0.2) is 5.76 Å². The van der Waals surface area contributed by atoms with Crippen molar-refractivity contribution in [2.24, 2.45) is 0 Å². The summed E-state index contributed by atoms with van der Waals surface area (Å²) in [5, 5.41) is 0. The Hall–Kier alpha value is -2.75. The Labute approximate surface area is 122 Å². The van der Waals surface area contributed by atoms with Crippen molar-refractivity contribution in [3.05, 3.63) is 59.4 Å². The number of carbonyl (C=O) groups is 1. The molecular formula is C17H14O4. The van der Waals surface area contributed by atoms with Crippen LogP contribution in [0.15, 0.2) is 48.2 Å². The molecule has 1 aliphatic heterocycles. The SMILES string of the molecule is COc1cccc(/C=C2\Oc3ccc(OC)cc3C2=O)c1. The lowest BCUT2D eigenvalue weighted by Crippen LogP contribution is -1.98. The van der Waals surface area contributed by atoms with Crippen LogP contribution >= 0.6 is 0 Å². The molecule has 0 aromatic heterocycles. The van der Waals surface area contributed by atoms with E-state index in [-0.39, 0.29) is 5.78 Å². The standard InChI is InChI=1S/C17H14O4/c1-19-12-5-3-4-11(8-12)9-16-17(18)14-10-13(20-2)6-7-15(14)21-16/h3-10H,1-2H3/b16-9-. The molecule has 1 aliphatic rings. The first kappa shape index (κ1) is 13.2. The van der Waals surface area contributed by atoms with Crippen molar-refractivity contribution in [3.63, 3.8) is 0 Å². The predicted molar refractivity (Wildman–Crippen MR) is 78.9 cm³/mol. The van der Waals surface area contributed by atoms with Crippen LogP contribution in [0.2, 0.25) is 0 Å². The molecule has 21 heavy (non-hydrogen) atoms. The molecule has 0 saturated carbocycles. The van der Waals surface area contributed by atoms with Gasteiger partial charge in [0.1, 0.15) is 17.2 Å². The van der Waals surface area contributed by atoms with Crippen LogP contribution in [0.25, 0.3) is 6.08 Å². The van der Waals surface area contributed by atoms with Crippen LogP contribution in [0.4, 0.5) is 0 Å². The fourth-order valence-electron chi connectivity index (χ4n) is 2.18. The zero-order valence-corrected chi connectivity index (χ0v) is 11.8. The number of benzene rings is 2. The van der Waals surface area contributed by atoms with E-state index in [9.17, 15) is 4.79 Å². The Bertz CT molecular complexity index is 731.